The molecule has 2 saturated heterocycles. The first-order valence-corrected chi connectivity index (χ1v) is 12.6. The molecule has 3 aromatic carbocycles. The number of nitrogens with zero attached hydrogens (tertiary/aromatic N) is 1. The van der Waals surface area contributed by atoms with Crippen LogP contribution in [-0.2, 0) is 9.53 Å². The summed E-state index contributed by atoms with van der Waals surface area (Å²) in [7, 11) is 0. The summed E-state index contributed by atoms with van der Waals surface area (Å²) in [6, 6.07) is 25.0. The number of piperidine rings is 1. The third-order valence-corrected chi connectivity index (χ3v) is 8.10. The molecule has 0 aromatic heterocycles. The Labute approximate surface area is 206 Å². The topological polar surface area (TPSA) is 59.0 Å². The van der Waals surface area contributed by atoms with Crippen LogP contribution >= 0.6 is 0 Å². The lowest BCUT2D eigenvalue weighted by Gasteiger charge is -2.40. The molecule has 180 valence electrons. The molecule has 1 spiro atoms. The molecule has 0 radical (unpaired) electrons. The molecule has 3 atom stereocenters. The number of carbonyl (C=O) groups excluding carboxylic acids is 1. The van der Waals surface area contributed by atoms with E-state index in [9.17, 15) is 9.90 Å². The van der Waals surface area contributed by atoms with E-state index in [1.807, 2.05) is 12.1 Å². The molecule has 35 heavy (non-hydrogen) atoms. The molecular weight excluding hydrogens is 438 g/mol. The monoisotopic (exact) mass is 469 g/mol. The normalized spacial score (nSPS) is 25.1. The van der Waals surface area contributed by atoms with Gasteiger partial charge in [-0.2, -0.15) is 0 Å². The molecule has 3 aromatic rings. The molecule has 0 saturated carbocycles. The summed E-state index contributed by atoms with van der Waals surface area (Å²) >= 11 is 0. The van der Waals surface area contributed by atoms with Crippen LogP contribution in [0.5, 0.6) is 11.5 Å². The lowest BCUT2D eigenvalue weighted by atomic mass is 9.76. The Bertz CT molecular complexity index is 1180. The van der Waals surface area contributed by atoms with E-state index in [2.05, 4.69) is 53.4 Å². The summed E-state index contributed by atoms with van der Waals surface area (Å²) < 4.78 is 12.2. The smallest absolute Gasteiger partial charge is 0.126 e. The molecule has 3 aliphatic rings. The Morgan fingerprint density at radius 3 is 2.40 bits per heavy atom. The molecule has 6 rings (SSSR count). The first kappa shape index (κ1) is 22.2. The van der Waals surface area contributed by atoms with E-state index in [0.717, 1.165) is 50.0 Å². The summed E-state index contributed by atoms with van der Waals surface area (Å²) in [5.74, 6) is 1.39. The van der Waals surface area contributed by atoms with Crippen molar-refractivity contribution in [2.45, 2.75) is 36.7 Å². The second-order valence-corrected chi connectivity index (χ2v) is 10.2. The van der Waals surface area contributed by atoms with E-state index in [1.54, 1.807) is 12.1 Å². The number of phenolic OH excluding ortho intramolecular Hbond substituents is 1. The largest absolute Gasteiger partial charge is 0.508 e. The van der Waals surface area contributed by atoms with E-state index in [-0.39, 0.29) is 29.1 Å². The van der Waals surface area contributed by atoms with Gasteiger partial charge in [0, 0.05) is 48.2 Å². The fourth-order valence-corrected chi connectivity index (χ4v) is 6.18. The lowest BCUT2D eigenvalue weighted by molar-refractivity contribution is -0.111. The van der Waals surface area contributed by atoms with Crippen molar-refractivity contribution in [3.05, 3.63) is 89.5 Å². The number of aromatic hydroxyl groups is 1. The average Bonchev–Trinajstić information content (AvgIpc) is 3.31. The fourth-order valence-electron chi connectivity index (χ4n) is 6.18. The van der Waals surface area contributed by atoms with Crippen LogP contribution in [0, 0.1) is 5.92 Å². The van der Waals surface area contributed by atoms with Crippen molar-refractivity contribution in [3.8, 4) is 11.5 Å². The summed E-state index contributed by atoms with van der Waals surface area (Å²) in [5, 5.41) is 10.0. The number of hydrogen-bond acceptors (Lipinski definition) is 5. The van der Waals surface area contributed by atoms with Gasteiger partial charge in [-0.1, -0.05) is 48.5 Å². The first-order valence-electron chi connectivity index (χ1n) is 12.6. The summed E-state index contributed by atoms with van der Waals surface area (Å²) in [5.41, 5.74) is 4.73. The molecule has 2 fully saturated rings. The molecule has 1 N–H and O–H groups in total. The maximum atomic E-state index is 11.2. The van der Waals surface area contributed by atoms with E-state index in [1.165, 1.54) is 16.8 Å². The van der Waals surface area contributed by atoms with Crippen molar-refractivity contribution >= 4 is 12.0 Å². The highest BCUT2D eigenvalue weighted by molar-refractivity contribution is 5.55. The van der Waals surface area contributed by atoms with Crippen molar-refractivity contribution < 1.29 is 19.4 Å². The summed E-state index contributed by atoms with van der Waals surface area (Å²) in [6.07, 6.45) is 3.85. The van der Waals surface area contributed by atoms with Crippen LogP contribution in [0.1, 0.15) is 47.8 Å². The van der Waals surface area contributed by atoms with E-state index in [0.29, 0.717) is 13.2 Å². The summed E-state index contributed by atoms with van der Waals surface area (Å²) in [4.78, 5) is 13.6. The minimum atomic E-state index is -0.109. The van der Waals surface area contributed by atoms with Gasteiger partial charge in [0.25, 0.3) is 0 Å². The van der Waals surface area contributed by atoms with Gasteiger partial charge in [0.15, 0.2) is 0 Å². The number of hydrogen-bond donors (Lipinski definition) is 1. The van der Waals surface area contributed by atoms with Gasteiger partial charge in [-0.05, 0) is 48.6 Å². The van der Waals surface area contributed by atoms with Crippen LogP contribution in [0.15, 0.2) is 72.8 Å². The second kappa shape index (κ2) is 9.04. The second-order valence-electron chi connectivity index (χ2n) is 10.2. The van der Waals surface area contributed by atoms with Crippen LogP contribution in [0.4, 0.5) is 5.69 Å². The quantitative estimate of drug-likeness (QED) is 0.527. The van der Waals surface area contributed by atoms with Crippen molar-refractivity contribution in [3.63, 3.8) is 0 Å². The molecule has 0 unspecified atom stereocenters. The Balaban J connectivity index is 1.25. The SMILES string of the molecule is O=C[C@@H]1COC2(CCN(c3ccc([C@H]4c5ccc(O)cc5OC[C@H]4c4ccccc4)cc3)CC2)C1. The third kappa shape index (κ3) is 4.19. The number of phenols is 1. The van der Waals surface area contributed by atoms with E-state index < -0.39 is 0 Å². The zero-order valence-electron chi connectivity index (χ0n) is 19.8. The molecule has 5 heteroatoms. The zero-order valence-corrected chi connectivity index (χ0v) is 19.8. The van der Waals surface area contributed by atoms with Crippen molar-refractivity contribution in [1.29, 1.82) is 0 Å². The van der Waals surface area contributed by atoms with Crippen molar-refractivity contribution in [1.82, 2.24) is 0 Å². The molecule has 0 bridgehead atoms. The first-order chi connectivity index (χ1) is 17.1. The highest BCUT2D eigenvalue weighted by Crippen LogP contribution is 2.47. The van der Waals surface area contributed by atoms with E-state index >= 15 is 0 Å². The zero-order chi connectivity index (χ0) is 23.8. The van der Waals surface area contributed by atoms with Crippen LogP contribution in [0.2, 0.25) is 0 Å². The fraction of sp³-hybridized carbons (Fsp3) is 0.367. The highest BCUT2D eigenvalue weighted by atomic mass is 16.5. The van der Waals surface area contributed by atoms with Crippen LogP contribution in [0.3, 0.4) is 0 Å². The molecule has 5 nitrogen and oxygen atoms in total. The maximum absolute atomic E-state index is 11.2. The minimum absolute atomic E-state index is 0.0580. The Morgan fingerprint density at radius 1 is 0.914 bits per heavy atom. The number of aldehydes is 1. The molecular formula is C30H31NO4. The van der Waals surface area contributed by atoms with Crippen molar-refractivity contribution in [2.24, 2.45) is 5.92 Å². The van der Waals surface area contributed by atoms with Gasteiger partial charge in [0.2, 0.25) is 0 Å². The predicted molar refractivity (Wildman–Crippen MR) is 135 cm³/mol. The Kier molecular flexibility index (Phi) is 5.73. The van der Waals surface area contributed by atoms with Gasteiger partial charge in [0.1, 0.15) is 17.8 Å². The van der Waals surface area contributed by atoms with Crippen molar-refractivity contribution in [2.75, 3.05) is 31.2 Å². The summed E-state index contributed by atoms with van der Waals surface area (Å²) in [6.45, 7) is 3.03. The van der Waals surface area contributed by atoms with Gasteiger partial charge in [-0.3, -0.25) is 0 Å². The van der Waals surface area contributed by atoms with E-state index in [4.69, 9.17) is 9.47 Å². The number of carbonyl (C=O) groups is 1. The average molecular weight is 470 g/mol. The highest BCUT2D eigenvalue weighted by Gasteiger charge is 2.42. The van der Waals surface area contributed by atoms with Crippen LogP contribution in [-0.4, -0.2) is 43.3 Å². The van der Waals surface area contributed by atoms with Gasteiger partial charge in [-0.25, -0.2) is 0 Å². The number of benzene rings is 3. The molecule has 0 aliphatic carbocycles. The maximum Gasteiger partial charge on any atom is 0.126 e. The van der Waals surface area contributed by atoms with Gasteiger partial charge in [-0.15, -0.1) is 0 Å². The van der Waals surface area contributed by atoms with Crippen LogP contribution < -0.4 is 9.64 Å². The standard InChI is InChI=1S/C30H31NO4/c32-18-21-17-30(35-19-21)12-14-31(15-13-30)24-8-6-23(7-9-24)29-26-11-10-25(33)16-28(26)34-20-27(29)22-4-2-1-3-5-22/h1-11,16,18,21,27,29,33H,12-15,17,19-20H2/t21-,27+,29+/m1/s1. The lowest BCUT2D eigenvalue weighted by Crippen LogP contribution is -2.44. The number of rotatable bonds is 4. The van der Waals surface area contributed by atoms with Crippen LogP contribution in [0.25, 0.3) is 0 Å². The third-order valence-electron chi connectivity index (χ3n) is 8.10. The molecule has 0 amide bonds. The number of anilines is 1. The minimum Gasteiger partial charge on any atom is -0.508 e. The Hall–Kier alpha value is -3.31. The number of fused-ring (bicyclic) bond motifs is 1. The predicted octanol–water partition coefficient (Wildman–Crippen LogP) is 5.27. The van der Waals surface area contributed by atoms with Gasteiger partial charge >= 0.3 is 0 Å². The number of ether oxygens (including phenoxy) is 2. The molecule has 3 heterocycles. The van der Waals surface area contributed by atoms with Gasteiger partial charge in [0.05, 0.1) is 18.8 Å². The molecule has 3 aliphatic heterocycles. The van der Waals surface area contributed by atoms with Gasteiger partial charge < -0.3 is 24.3 Å². The Morgan fingerprint density at radius 2 is 1.69 bits per heavy atom.